The van der Waals surface area contributed by atoms with E-state index < -0.39 is 12.0 Å². The third-order valence-corrected chi connectivity index (χ3v) is 3.98. The molecule has 0 aromatic heterocycles. The molecule has 6 heteroatoms. The number of benzene rings is 1. The molecule has 0 spiro atoms. The number of urea groups is 1. The summed E-state index contributed by atoms with van der Waals surface area (Å²) in [6, 6.07) is 6.49. The van der Waals surface area contributed by atoms with Crippen molar-refractivity contribution in [2.24, 2.45) is 11.8 Å². The molecule has 2 amide bonds. The molecule has 1 aliphatic heterocycles. The van der Waals surface area contributed by atoms with Crippen molar-refractivity contribution in [3.8, 4) is 5.75 Å². The number of amides is 2. The van der Waals surface area contributed by atoms with Crippen molar-refractivity contribution in [2.45, 2.75) is 40.7 Å². The Morgan fingerprint density at radius 3 is 2.50 bits per heavy atom. The van der Waals surface area contributed by atoms with Crippen molar-refractivity contribution in [1.82, 2.24) is 10.6 Å². The zero-order valence-electron chi connectivity index (χ0n) is 16.1. The highest BCUT2D eigenvalue weighted by molar-refractivity contribution is 5.95. The van der Waals surface area contributed by atoms with Gasteiger partial charge in [-0.25, -0.2) is 9.59 Å². The molecule has 0 bridgehead atoms. The SMILES string of the molecule is CCOC(=O)C1=C(C(C)C)NC(=O)NC1c1ccccc1OCC(C)C. The van der Waals surface area contributed by atoms with Crippen molar-refractivity contribution in [1.29, 1.82) is 0 Å². The van der Waals surface area contributed by atoms with Gasteiger partial charge in [0.25, 0.3) is 0 Å². The summed E-state index contributed by atoms with van der Waals surface area (Å²) in [5, 5.41) is 5.61. The number of allylic oxidation sites excluding steroid dienone is 1. The molecule has 1 aliphatic rings. The molecule has 2 N–H and O–H groups in total. The molecule has 26 heavy (non-hydrogen) atoms. The number of carbonyl (C=O) groups is 2. The van der Waals surface area contributed by atoms with Gasteiger partial charge in [0, 0.05) is 11.3 Å². The zero-order chi connectivity index (χ0) is 19.3. The Morgan fingerprint density at radius 1 is 1.19 bits per heavy atom. The Morgan fingerprint density at radius 2 is 1.88 bits per heavy atom. The minimum atomic E-state index is -0.622. The molecule has 1 aromatic rings. The fourth-order valence-electron chi connectivity index (χ4n) is 2.82. The van der Waals surface area contributed by atoms with E-state index in [0.717, 1.165) is 5.56 Å². The standard InChI is InChI=1S/C20H28N2O4/c1-6-25-19(23)16-17(13(4)5)21-20(24)22-18(16)14-9-7-8-10-15(14)26-11-12(2)3/h7-10,12-13,18H,6,11H2,1-5H3,(H2,21,22,24). The van der Waals surface area contributed by atoms with Gasteiger partial charge in [0.05, 0.1) is 24.8 Å². The fraction of sp³-hybridized carbons (Fsp3) is 0.500. The number of esters is 1. The monoisotopic (exact) mass is 360 g/mol. The van der Waals surface area contributed by atoms with Crippen LogP contribution in [0, 0.1) is 11.8 Å². The molecule has 0 fully saturated rings. The second-order valence-corrected chi connectivity index (χ2v) is 6.98. The molecule has 1 unspecified atom stereocenters. The molecule has 0 saturated heterocycles. The smallest absolute Gasteiger partial charge is 0.338 e. The highest BCUT2D eigenvalue weighted by Gasteiger charge is 2.36. The molecule has 0 saturated carbocycles. The summed E-state index contributed by atoms with van der Waals surface area (Å²) in [5.74, 6) is 0.536. The molecule has 2 rings (SSSR count). The Kier molecular flexibility index (Phi) is 6.66. The van der Waals surface area contributed by atoms with Crippen molar-refractivity contribution in [3.63, 3.8) is 0 Å². The second-order valence-electron chi connectivity index (χ2n) is 6.98. The van der Waals surface area contributed by atoms with Crippen LogP contribution in [0.2, 0.25) is 0 Å². The molecule has 0 aliphatic carbocycles. The quantitative estimate of drug-likeness (QED) is 0.729. The fourth-order valence-corrected chi connectivity index (χ4v) is 2.82. The average molecular weight is 360 g/mol. The van der Waals surface area contributed by atoms with Crippen molar-refractivity contribution in [2.75, 3.05) is 13.2 Å². The zero-order valence-corrected chi connectivity index (χ0v) is 16.1. The van der Waals surface area contributed by atoms with Gasteiger partial charge in [0.2, 0.25) is 0 Å². The largest absolute Gasteiger partial charge is 0.493 e. The highest BCUT2D eigenvalue weighted by atomic mass is 16.5. The van der Waals surface area contributed by atoms with E-state index in [4.69, 9.17) is 9.47 Å². The minimum Gasteiger partial charge on any atom is -0.493 e. The van der Waals surface area contributed by atoms with Gasteiger partial charge in [-0.1, -0.05) is 45.9 Å². The number of para-hydroxylation sites is 1. The van der Waals surface area contributed by atoms with Gasteiger partial charge >= 0.3 is 12.0 Å². The van der Waals surface area contributed by atoms with E-state index >= 15 is 0 Å². The summed E-state index contributed by atoms with van der Waals surface area (Å²) < 4.78 is 11.2. The first kappa shape index (κ1) is 19.8. The third-order valence-electron chi connectivity index (χ3n) is 3.98. The van der Waals surface area contributed by atoms with Crippen LogP contribution >= 0.6 is 0 Å². The molecule has 142 valence electrons. The maximum absolute atomic E-state index is 12.7. The maximum atomic E-state index is 12.7. The van der Waals surface area contributed by atoms with Crippen LogP contribution in [-0.4, -0.2) is 25.2 Å². The van der Waals surface area contributed by atoms with E-state index in [1.807, 2.05) is 38.1 Å². The lowest BCUT2D eigenvalue weighted by Crippen LogP contribution is -2.47. The molecular weight excluding hydrogens is 332 g/mol. The van der Waals surface area contributed by atoms with Gasteiger partial charge in [-0.2, -0.15) is 0 Å². The lowest BCUT2D eigenvalue weighted by Gasteiger charge is -2.31. The first-order chi connectivity index (χ1) is 12.3. The van der Waals surface area contributed by atoms with Gasteiger partial charge in [-0.15, -0.1) is 0 Å². The number of carbonyl (C=O) groups excluding carboxylic acids is 2. The number of nitrogens with one attached hydrogen (secondary N) is 2. The van der Waals surface area contributed by atoms with E-state index in [9.17, 15) is 9.59 Å². The maximum Gasteiger partial charge on any atom is 0.338 e. The van der Waals surface area contributed by atoms with Crippen LogP contribution in [0.5, 0.6) is 5.75 Å². The third kappa shape index (κ3) is 4.56. The van der Waals surface area contributed by atoms with Crippen molar-refractivity contribution < 1.29 is 19.1 Å². The van der Waals surface area contributed by atoms with Crippen LogP contribution in [0.1, 0.15) is 46.2 Å². The summed E-state index contributed by atoms with van der Waals surface area (Å²) in [5.41, 5.74) is 1.74. The van der Waals surface area contributed by atoms with Gasteiger partial charge in [0.15, 0.2) is 0 Å². The predicted molar refractivity (Wildman–Crippen MR) is 99.7 cm³/mol. The Balaban J connectivity index is 2.52. The summed E-state index contributed by atoms with van der Waals surface area (Å²) in [6.07, 6.45) is 0. The summed E-state index contributed by atoms with van der Waals surface area (Å²) in [4.78, 5) is 24.9. The minimum absolute atomic E-state index is 0.0355. The second kappa shape index (κ2) is 8.74. The van der Waals surface area contributed by atoms with E-state index in [0.29, 0.717) is 29.5 Å². The molecule has 1 atom stereocenters. The lowest BCUT2D eigenvalue weighted by atomic mass is 9.91. The number of hydrogen-bond donors (Lipinski definition) is 2. The number of rotatable bonds is 7. The van der Waals surface area contributed by atoms with E-state index in [1.54, 1.807) is 6.92 Å². The molecule has 1 heterocycles. The van der Waals surface area contributed by atoms with E-state index in [2.05, 4.69) is 24.5 Å². The molecule has 0 radical (unpaired) electrons. The predicted octanol–water partition coefficient (Wildman–Crippen LogP) is 3.55. The van der Waals surface area contributed by atoms with Crippen molar-refractivity contribution >= 4 is 12.0 Å². The van der Waals surface area contributed by atoms with Gasteiger partial charge in [-0.05, 0) is 24.8 Å². The van der Waals surface area contributed by atoms with Crippen LogP contribution in [0.4, 0.5) is 4.79 Å². The summed E-state index contributed by atoms with van der Waals surface area (Å²) in [7, 11) is 0. The van der Waals surface area contributed by atoms with Crippen LogP contribution in [0.3, 0.4) is 0 Å². The molecule has 6 nitrogen and oxygen atoms in total. The van der Waals surface area contributed by atoms with Gasteiger partial charge in [0.1, 0.15) is 5.75 Å². The first-order valence-corrected chi connectivity index (χ1v) is 9.05. The number of hydrogen-bond acceptors (Lipinski definition) is 4. The Bertz CT molecular complexity index is 695. The van der Waals surface area contributed by atoms with Crippen LogP contribution in [0.15, 0.2) is 35.5 Å². The molecule has 1 aromatic carbocycles. The average Bonchev–Trinajstić information content (AvgIpc) is 2.59. The van der Waals surface area contributed by atoms with E-state index in [-0.39, 0.29) is 18.6 Å². The number of ether oxygens (including phenoxy) is 2. The molecular formula is C20H28N2O4. The topological polar surface area (TPSA) is 76.7 Å². The van der Waals surface area contributed by atoms with Crippen LogP contribution in [-0.2, 0) is 9.53 Å². The van der Waals surface area contributed by atoms with Crippen LogP contribution < -0.4 is 15.4 Å². The lowest BCUT2D eigenvalue weighted by molar-refractivity contribution is -0.139. The summed E-state index contributed by atoms with van der Waals surface area (Å²) in [6.45, 7) is 10.6. The Labute approximate surface area is 154 Å². The van der Waals surface area contributed by atoms with Gasteiger partial charge < -0.3 is 20.1 Å². The van der Waals surface area contributed by atoms with Gasteiger partial charge in [-0.3, -0.25) is 0 Å². The first-order valence-electron chi connectivity index (χ1n) is 9.05. The summed E-state index contributed by atoms with van der Waals surface area (Å²) >= 11 is 0. The van der Waals surface area contributed by atoms with E-state index in [1.165, 1.54) is 0 Å². The van der Waals surface area contributed by atoms with Crippen LogP contribution in [0.25, 0.3) is 0 Å². The Hall–Kier alpha value is -2.50. The van der Waals surface area contributed by atoms with Crippen molar-refractivity contribution in [3.05, 3.63) is 41.1 Å². The normalized spacial score (nSPS) is 17.2. The highest BCUT2D eigenvalue weighted by Crippen LogP contribution is 2.35.